The van der Waals surface area contributed by atoms with E-state index in [1.165, 1.54) is 12.1 Å². The van der Waals surface area contributed by atoms with Crippen molar-refractivity contribution in [2.45, 2.75) is 33.1 Å². The highest BCUT2D eigenvalue weighted by Gasteiger charge is 2.48. The largest absolute Gasteiger partial charge is 0.494 e. The van der Waals surface area contributed by atoms with Gasteiger partial charge < -0.3 is 15.2 Å². The number of carboxylic acids is 1. The van der Waals surface area contributed by atoms with E-state index in [4.69, 9.17) is 4.74 Å². The molecule has 0 bridgehead atoms. The lowest BCUT2D eigenvalue weighted by Gasteiger charge is -2.26. The third kappa shape index (κ3) is 3.86. The van der Waals surface area contributed by atoms with Gasteiger partial charge in [0, 0.05) is 0 Å². The van der Waals surface area contributed by atoms with Gasteiger partial charge in [0.25, 0.3) is 0 Å². The average Bonchev–Trinajstić information content (AvgIpc) is 3.07. The molecule has 2 unspecified atom stereocenters. The summed E-state index contributed by atoms with van der Waals surface area (Å²) in [7, 11) is 0. The van der Waals surface area contributed by atoms with Crippen LogP contribution >= 0.6 is 0 Å². The number of hydrogen-bond acceptors (Lipinski definition) is 3. The number of hydrogen-bond donors (Lipinski definition) is 2. The lowest BCUT2D eigenvalue weighted by Crippen LogP contribution is -2.38. The molecular weight excluding hydrogens is 361 g/mol. The van der Waals surface area contributed by atoms with Crippen molar-refractivity contribution in [3.63, 3.8) is 0 Å². The number of ether oxygens (including phenoxy) is 1. The number of carbonyl (C=O) groups excluding carboxylic acids is 1. The predicted octanol–water partition coefficient (Wildman–Crippen LogP) is 4.72. The second-order valence-electron chi connectivity index (χ2n) is 7.31. The van der Waals surface area contributed by atoms with Gasteiger partial charge in [-0.15, -0.1) is 0 Å². The third-order valence-corrected chi connectivity index (χ3v) is 5.47. The van der Waals surface area contributed by atoms with Gasteiger partial charge in [0.05, 0.1) is 23.6 Å². The molecule has 2 aromatic rings. The Hall–Kier alpha value is -2.89. The van der Waals surface area contributed by atoms with Crippen LogP contribution < -0.4 is 10.1 Å². The molecule has 0 spiro atoms. The highest BCUT2D eigenvalue weighted by Crippen LogP contribution is 2.44. The van der Waals surface area contributed by atoms with Crippen molar-refractivity contribution in [2.24, 2.45) is 11.3 Å². The second-order valence-corrected chi connectivity index (χ2v) is 7.31. The van der Waals surface area contributed by atoms with E-state index in [1.54, 1.807) is 13.0 Å². The van der Waals surface area contributed by atoms with Crippen molar-refractivity contribution in [3.05, 3.63) is 48.3 Å². The molecule has 2 N–H and O–H groups in total. The molecule has 1 fully saturated rings. The number of rotatable bonds is 6. The van der Waals surface area contributed by atoms with Crippen molar-refractivity contribution in [2.75, 3.05) is 11.9 Å². The Morgan fingerprint density at radius 3 is 2.68 bits per heavy atom. The maximum Gasteiger partial charge on any atom is 0.310 e. The van der Waals surface area contributed by atoms with Gasteiger partial charge in [0.2, 0.25) is 5.91 Å². The standard InChI is InChI=1S/C22H24FNO4/c1-3-28-16-7-4-6-14(12-16)15-9-10-19(18(23)13-15)24-20(25)17-8-5-11-22(17,2)21(26)27/h4,6-7,9-10,12-13,17H,3,5,8,11H2,1-2H3,(H,24,25)(H,26,27). The molecule has 0 heterocycles. The maximum atomic E-state index is 14.6. The lowest BCUT2D eigenvalue weighted by atomic mass is 9.79. The van der Waals surface area contributed by atoms with Crippen LogP contribution in [-0.4, -0.2) is 23.6 Å². The highest BCUT2D eigenvalue weighted by molar-refractivity contribution is 5.96. The van der Waals surface area contributed by atoms with Gasteiger partial charge in [0.1, 0.15) is 11.6 Å². The van der Waals surface area contributed by atoms with Gasteiger partial charge >= 0.3 is 5.97 Å². The number of aliphatic carboxylic acids is 1. The summed E-state index contributed by atoms with van der Waals surface area (Å²) >= 11 is 0. The molecule has 5 nitrogen and oxygen atoms in total. The van der Waals surface area contributed by atoms with Gasteiger partial charge in [-0.1, -0.05) is 24.6 Å². The van der Waals surface area contributed by atoms with Gasteiger partial charge in [-0.25, -0.2) is 4.39 Å². The number of nitrogens with one attached hydrogen (secondary N) is 1. The zero-order chi connectivity index (χ0) is 20.3. The Morgan fingerprint density at radius 2 is 2.00 bits per heavy atom. The lowest BCUT2D eigenvalue weighted by molar-refractivity contribution is -0.152. The van der Waals surface area contributed by atoms with Crippen LogP contribution in [0.2, 0.25) is 0 Å². The molecule has 2 aromatic carbocycles. The monoisotopic (exact) mass is 385 g/mol. The second kappa shape index (κ2) is 8.00. The van der Waals surface area contributed by atoms with E-state index in [9.17, 15) is 19.1 Å². The SMILES string of the molecule is CCOc1cccc(-c2ccc(NC(=O)C3CCCC3(C)C(=O)O)c(F)c2)c1. The zero-order valence-corrected chi connectivity index (χ0v) is 16.0. The van der Waals surface area contributed by atoms with Crippen LogP contribution in [0.3, 0.4) is 0 Å². The summed E-state index contributed by atoms with van der Waals surface area (Å²) in [4.78, 5) is 24.2. The van der Waals surface area contributed by atoms with E-state index in [0.29, 0.717) is 37.2 Å². The van der Waals surface area contributed by atoms with Gasteiger partial charge in [-0.3, -0.25) is 9.59 Å². The Morgan fingerprint density at radius 1 is 1.25 bits per heavy atom. The predicted molar refractivity (Wildman–Crippen MR) is 105 cm³/mol. The first kappa shape index (κ1) is 19.9. The van der Waals surface area contributed by atoms with Crippen LogP contribution in [-0.2, 0) is 9.59 Å². The number of carboxylic acid groups (broad SMARTS) is 1. The number of carbonyl (C=O) groups is 2. The Balaban J connectivity index is 1.79. The van der Waals surface area contributed by atoms with E-state index in [-0.39, 0.29) is 5.69 Å². The Bertz CT molecular complexity index is 898. The molecule has 2 atom stereocenters. The minimum Gasteiger partial charge on any atom is -0.494 e. The number of anilines is 1. The molecule has 148 valence electrons. The van der Waals surface area contributed by atoms with Crippen molar-refractivity contribution >= 4 is 17.6 Å². The fourth-order valence-corrected chi connectivity index (χ4v) is 3.79. The summed E-state index contributed by atoms with van der Waals surface area (Å²) in [6, 6.07) is 11.9. The first-order valence-electron chi connectivity index (χ1n) is 9.42. The van der Waals surface area contributed by atoms with Crippen LogP contribution in [0, 0.1) is 17.2 Å². The summed E-state index contributed by atoms with van der Waals surface area (Å²) in [6.45, 7) is 4.01. The average molecular weight is 385 g/mol. The molecule has 1 aliphatic rings. The molecule has 1 aliphatic carbocycles. The van der Waals surface area contributed by atoms with Crippen molar-refractivity contribution in [1.82, 2.24) is 0 Å². The van der Waals surface area contributed by atoms with Gasteiger partial charge in [0.15, 0.2) is 0 Å². The van der Waals surface area contributed by atoms with Crippen molar-refractivity contribution in [1.29, 1.82) is 0 Å². The summed E-state index contributed by atoms with van der Waals surface area (Å²) in [6.07, 6.45) is 1.59. The highest BCUT2D eigenvalue weighted by atomic mass is 19.1. The molecule has 1 saturated carbocycles. The molecule has 0 saturated heterocycles. The maximum absolute atomic E-state index is 14.6. The fourth-order valence-electron chi connectivity index (χ4n) is 3.79. The topological polar surface area (TPSA) is 75.6 Å². The number of halogens is 1. The molecule has 3 rings (SSSR count). The quantitative estimate of drug-likeness (QED) is 0.754. The molecule has 6 heteroatoms. The smallest absolute Gasteiger partial charge is 0.310 e. The number of amides is 1. The van der Waals surface area contributed by atoms with Crippen LogP contribution in [0.4, 0.5) is 10.1 Å². The number of benzene rings is 2. The summed E-state index contributed by atoms with van der Waals surface area (Å²) in [5, 5.41) is 12.0. The molecule has 0 aliphatic heterocycles. The van der Waals surface area contributed by atoms with Crippen LogP contribution in [0.15, 0.2) is 42.5 Å². The molecule has 1 amide bonds. The molecule has 0 radical (unpaired) electrons. The Kier molecular flexibility index (Phi) is 5.68. The van der Waals surface area contributed by atoms with Crippen LogP contribution in [0.5, 0.6) is 5.75 Å². The zero-order valence-electron chi connectivity index (χ0n) is 16.0. The van der Waals surface area contributed by atoms with Gasteiger partial charge in [-0.05, 0) is 62.1 Å². The van der Waals surface area contributed by atoms with E-state index in [0.717, 1.165) is 5.56 Å². The van der Waals surface area contributed by atoms with Crippen LogP contribution in [0.25, 0.3) is 11.1 Å². The summed E-state index contributed by atoms with van der Waals surface area (Å²) in [5.41, 5.74) is 0.403. The summed E-state index contributed by atoms with van der Waals surface area (Å²) < 4.78 is 20.1. The first-order chi connectivity index (χ1) is 13.3. The minimum absolute atomic E-state index is 0.0503. The third-order valence-electron chi connectivity index (χ3n) is 5.47. The molecule has 28 heavy (non-hydrogen) atoms. The van der Waals surface area contributed by atoms with Gasteiger partial charge in [-0.2, -0.15) is 0 Å². The summed E-state index contributed by atoms with van der Waals surface area (Å²) in [5.74, 6) is -1.98. The van der Waals surface area contributed by atoms with Crippen LogP contribution in [0.1, 0.15) is 33.1 Å². The Labute approximate surface area is 163 Å². The van der Waals surface area contributed by atoms with E-state index in [1.807, 2.05) is 31.2 Å². The van der Waals surface area contributed by atoms with Crippen molar-refractivity contribution in [3.8, 4) is 16.9 Å². The molecule has 0 aromatic heterocycles. The van der Waals surface area contributed by atoms with E-state index >= 15 is 0 Å². The minimum atomic E-state index is -1.11. The molecular formula is C22H24FNO4. The van der Waals surface area contributed by atoms with Crippen molar-refractivity contribution < 1.29 is 23.8 Å². The fraction of sp³-hybridized carbons (Fsp3) is 0.364. The first-order valence-corrected chi connectivity index (χ1v) is 9.42. The normalized spacial score (nSPS) is 21.3. The van der Waals surface area contributed by atoms with E-state index < -0.39 is 29.0 Å². The van der Waals surface area contributed by atoms with E-state index in [2.05, 4.69) is 5.32 Å².